The Hall–Kier alpha value is -0.120. The average Bonchev–Trinajstić information content (AvgIpc) is 2.34. The van der Waals surface area contributed by atoms with E-state index in [-0.39, 0.29) is 25.7 Å². The van der Waals surface area contributed by atoms with E-state index in [4.69, 9.17) is 9.47 Å². The van der Waals surface area contributed by atoms with E-state index in [1.807, 2.05) is 0 Å². The molecule has 0 unspecified atom stereocenters. The van der Waals surface area contributed by atoms with E-state index in [9.17, 15) is 5.11 Å². The summed E-state index contributed by atoms with van der Waals surface area (Å²) in [5.41, 5.74) is 0. The lowest BCUT2D eigenvalue weighted by Gasteiger charge is -2.15. The fourth-order valence-electron chi connectivity index (χ4n) is 1.50. The Bertz CT molecular complexity index is 136. The molecule has 3 heteroatoms. The summed E-state index contributed by atoms with van der Waals surface area (Å²) in [7, 11) is 1.62. The summed E-state index contributed by atoms with van der Waals surface area (Å²) in [4.78, 5) is 0. The third kappa shape index (κ3) is 3.25. The largest absolute Gasteiger partial charge is 0.390 e. The zero-order valence-electron chi connectivity index (χ0n) is 7.99. The maximum absolute atomic E-state index is 9.53. The molecule has 80 valence electrons. The summed E-state index contributed by atoms with van der Waals surface area (Å²) in [6.45, 7) is 4.70. The van der Waals surface area contributed by atoms with Crippen molar-refractivity contribution in [3.05, 3.63) is 0 Å². The predicted molar refractivity (Wildman–Crippen MR) is 52.7 cm³/mol. The van der Waals surface area contributed by atoms with Gasteiger partial charge in [0.15, 0.2) is 0 Å². The normalized spacial score (nSPS) is 33.5. The molecule has 1 rings (SSSR count). The molecule has 0 radical (unpaired) electrons. The molecule has 1 heterocycles. The number of methoxy groups -OCH3 is 1. The number of hydrogen-bond donors (Lipinski definition) is 1. The maximum Gasteiger partial charge on any atom is 0.107 e. The second-order valence-corrected chi connectivity index (χ2v) is 3.72. The molecule has 0 bridgehead atoms. The third-order valence-corrected chi connectivity index (χ3v) is 2.33. The standard InChI is InChI=1S/C9H18O3.CH4/c1-6(2)8-4-7(10)9(12-8)5-11-3;/h6-10H,4-5H2,1-3H3;1H4/t7-,8+,9+;/m0./s1. The maximum atomic E-state index is 9.53. The molecule has 0 aromatic carbocycles. The fraction of sp³-hybridized carbons (Fsp3) is 1.00. The van der Waals surface area contributed by atoms with E-state index in [1.165, 1.54) is 0 Å². The van der Waals surface area contributed by atoms with E-state index >= 15 is 0 Å². The van der Waals surface area contributed by atoms with Gasteiger partial charge in [0, 0.05) is 13.5 Å². The number of hydrogen-bond acceptors (Lipinski definition) is 3. The first-order chi connectivity index (χ1) is 5.65. The van der Waals surface area contributed by atoms with Crippen LogP contribution in [0.2, 0.25) is 0 Å². The van der Waals surface area contributed by atoms with Crippen LogP contribution in [0.25, 0.3) is 0 Å². The summed E-state index contributed by atoms with van der Waals surface area (Å²) in [5, 5.41) is 9.53. The van der Waals surface area contributed by atoms with Crippen LogP contribution in [0.1, 0.15) is 27.7 Å². The summed E-state index contributed by atoms with van der Waals surface area (Å²) in [6.07, 6.45) is 0.464. The van der Waals surface area contributed by atoms with Crippen LogP contribution in [0.5, 0.6) is 0 Å². The van der Waals surface area contributed by atoms with Crippen molar-refractivity contribution in [3.63, 3.8) is 0 Å². The Morgan fingerprint density at radius 2 is 2.15 bits per heavy atom. The molecule has 3 atom stereocenters. The van der Waals surface area contributed by atoms with Crippen molar-refractivity contribution in [1.82, 2.24) is 0 Å². The number of aliphatic hydroxyl groups excluding tert-OH is 1. The van der Waals surface area contributed by atoms with Gasteiger partial charge in [-0.25, -0.2) is 0 Å². The quantitative estimate of drug-likeness (QED) is 0.732. The van der Waals surface area contributed by atoms with Gasteiger partial charge in [-0.3, -0.25) is 0 Å². The number of aliphatic hydroxyl groups is 1. The molecule has 0 aliphatic carbocycles. The Morgan fingerprint density at radius 3 is 2.54 bits per heavy atom. The average molecular weight is 190 g/mol. The van der Waals surface area contributed by atoms with E-state index in [2.05, 4.69) is 13.8 Å². The summed E-state index contributed by atoms with van der Waals surface area (Å²) in [6, 6.07) is 0. The van der Waals surface area contributed by atoms with Gasteiger partial charge in [-0.15, -0.1) is 0 Å². The molecule has 1 aliphatic rings. The molecule has 0 spiro atoms. The van der Waals surface area contributed by atoms with Crippen LogP contribution in [0.15, 0.2) is 0 Å². The minimum absolute atomic E-state index is 0. The molecule has 13 heavy (non-hydrogen) atoms. The highest BCUT2D eigenvalue weighted by molar-refractivity contribution is 4.83. The molecular weight excluding hydrogens is 168 g/mol. The first-order valence-corrected chi connectivity index (χ1v) is 4.47. The molecule has 3 nitrogen and oxygen atoms in total. The van der Waals surface area contributed by atoms with Gasteiger partial charge in [0.1, 0.15) is 6.10 Å². The van der Waals surface area contributed by atoms with Crippen molar-refractivity contribution in [2.24, 2.45) is 5.92 Å². The predicted octanol–water partition coefficient (Wildman–Crippen LogP) is 1.44. The lowest BCUT2D eigenvalue weighted by atomic mass is 10.0. The highest BCUT2D eigenvalue weighted by Crippen LogP contribution is 2.25. The summed E-state index contributed by atoms with van der Waals surface area (Å²) in [5.74, 6) is 0.474. The Kier molecular flexibility index (Phi) is 5.53. The van der Waals surface area contributed by atoms with Crippen molar-refractivity contribution in [2.75, 3.05) is 13.7 Å². The molecule has 1 N–H and O–H groups in total. The van der Waals surface area contributed by atoms with Gasteiger partial charge in [-0.2, -0.15) is 0 Å². The van der Waals surface area contributed by atoms with Gasteiger partial charge >= 0.3 is 0 Å². The monoisotopic (exact) mass is 190 g/mol. The SMILES string of the molecule is C.COC[C@H]1O[C@@H](C(C)C)C[C@@H]1O. The van der Waals surface area contributed by atoms with E-state index in [0.29, 0.717) is 12.5 Å². The third-order valence-electron chi connectivity index (χ3n) is 2.33. The number of rotatable bonds is 3. The first-order valence-electron chi connectivity index (χ1n) is 4.47. The topological polar surface area (TPSA) is 38.7 Å². The zero-order chi connectivity index (χ0) is 9.14. The van der Waals surface area contributed by atoms with Crippen LogP contribution in [0.4, 0.5) is 0 Å². The van der Waals surface area contributed by atoms with Crippen LogP contribution in [-0.2, 0) is 9.47 Å². The van der Waals surface area contributed by atoms with Crippen molar-refractivity contribution in [3.8, 4) is 0 Å². The van der Waals surface area contributed by atoms with E-state index in [0.717, 1.165) is 6.42 Å². The molecule has 1 fully saturated rings. The van der Waals surface area contributed by atoms with Crippen LogP contribution >= 0.6 is 0 Å². The molecule has 0 aromatic heterocycles. The molecule has 0 aromatic rings. The van der Waals surface area contributed by atoms with Crippen molar-refractivity contribution in [1.29, 1.82) is 0 Å². The van der Waals surface area contributed by atoms with Gasteiger partial charge in [0.2, 0.25) is 0 Å². The zero-order valence-corrected chi connectivity index (χ0v) is 7.99. The van der Waals surface area contributed by atoms with Crippen LogP contribution in [0, 0.1) is 5.92 Å². The van der Waals surface area contributed by atoms with Gasteiger partial charge in [0.25, 0.3) is 0 Å². The van der Waals surface area contributed by atoms with Crippen molar-refractivity contribution >= 4 is 0 Å². The molecular formula is C10H22O3. The van der Waals surface area contributed by atoms with Crippen molar-refractivity contribution < 1.29 is 14.6 Å². The molecule has 0 saturated carbocycles. The first kappa shape index (κ1) is 12.9. The molecule has 0 amide bonds. The smallest absolute Gasteiger partial charge is 0.107 e. The minimum Gasteiger partial charge on any atom is -0.390 e. The van der Waals surface area contributed by atoms with Crippen molar-refractivity contribution in [2.45, 2.75) is 46.0 Å². The summed E-state index contributed by atoms with van der Waals surface area (Å²) < 4.78 is 10.5. The Morgan fingerprint density at radius 1 is 1.54 bits per heavy atom. The second kappa shape index (κ2) is 5.58. The Balaban J connectivity index is 0.00000144. The van der Waals surface area contributed by atoms with Crippen LogP contribution < -0.4 is 0 Å². The lowest BCUT2D eigenvalue weighted by molar-refractivity contribution is -0.0434. The van der Waals surface area contributed by atoms with Crippen LogP contribution in [0.3, 0.4) is 0 Å². The van der Waals surface area contributed by atoms with Gasteiger partial charge in [0.05, 0.1) is 18.8 Å². The molecule has 1 aliphatic heterocycles. The highest BCUT2D eigenvalue weighted by Gasteiger charge is 2.34. The molecule has 1 saturated heterocycles. The van der Waals surface area contributed by atoms with Gasteiger partial charge in [-0.05, 0) is 5.92 Å². The Labute approximate surface area is 81.0 Å². The van der Waals surface area contributed by atoms with Crippen LogP contribution in [-0.4, -0.2) is 37.1 Å². The fourth-order valence-corrected chi connectivity index (χ4v) is 1.50. The van der Waals surface area contributed by atoms with E-state index < -0.39 is 0 Å². The number of ether oxygens (including phenoxy) is 2. The van der Waals surface area contributed by atoms with Gasteiger partial charge < -0.3 is 14.6 Å². The minimum atomic E-state index is -0.350. The lowest BCUT2D eigenvalue weighted by Crippen LogP contribution is -2.26. The second-order valence-electron chi connectivity index (χ2n) is 3.72. The van der Waals surface area contributed by atoms with Gasteiger partial charge in [-0.1, -0.05) is 21.3 Å². The highest BCUT2D eigenvalue weighted by atomic mass is 16.6. The van der Waals surface area contributed by atoms with E-state index in [1.54, 1.807) is 7.11 Å². The summed E-state index contributed by atoms with van der Waals surface area (Å²) >= 11 is 0.